The summed E-state index contributed by atoms with van der Waals surface area (Å²) < 4.78 is 2.16. The largest absolute Gasteiger partial charge is 0.345 e. The van der Waals surface area contributed by atoms with E-state index in [0.29, 0.717) is 0 Å². The lowest BCUT2D eigenvalue weighted by Gasteiger charge is -2.04. The van der Waals surface area contributed by atoms with Crippen molar-refractivity contribution in [2.24, 2.45) is 4.99 Å². The zero-order chi connectivity index (χ0) is 16.2. The molecule has 3 aromatic rings. The van der Waals surface area contributed by atoms with Crippen LogP contribution in [-0.4, -0.2) is 14.5 Å². The molecule has 0 fully saturated rings. The summed E-state index contributed by atoms with van der Waals surface area (Å²) in [7, 11) is 0. The molecular formula is C18H20N4S. The van der Waals surface area contributed by atoms with Gasteiger partial charge in [-0.1, -0.05) is 25.7 Å². The highest BCUT2D eigenvalue weighted by Gasteiger charge is 2.07. The number of nitrogens with one attached hydrogen (secondary N) is 1. The second kappa shape index (κ2) is 6.79. The molecular weight excluding hydrogens is 304 g/mol. The highest BCUT2D eigenvalue weighted by atomic mass is 32.1. The highest BCUT2D eigenvalue weighted by molar-refractivity contribution is 7.07. The van der Waals surface area contributed by atoms with Crippen molar-refractivity contribution in [1.82, 2.24) is 14.5 Å². The fraction of sp³-hybridized carbons (Fsp3) is 0.222. The standard InChI is InChI=1S/C18H20N4S/c1-4-13(2)7-9-22-10-11-23-18(22)21-14(3)16-12-20-17-15(16)6-5-8-19-17/h5-6,8,10-12H,2-4,7,9H2,1H3,(H,19,20). The molecule has 0 bridgehead atoms. The van der Waals surface area contributed by atoms with E-state index in [-0.39, 0.29) is 0 Å². The lowest BCUT2D eigenvalue weighted by molar-refractivity contribution is 0.665. The molecule has 0 aliphatic heterocycles. The molecule has 0 radical (unpaired) electrons. The minimum absolute atomic E-state index is 0.745. The fourth-order valence-electron chi connectivity index (χ4n) is 2.38. The van der Waals surface area contributed by atoms with Crippen molar-refractivity contribution in [3.05, 3.63) is 65.2 Å². The van der Waals surface area contributed by atoms with E-state index in [2.05, 4.69) is 46.2 Å². The van der Waals surface area contributed by atoms with Crippen molar-refractivity contribution < 1.29 is 0 Å². The molecule has 118 valence electrons. The van der Waals surface area contributed by atoms with Crippen molar-refractivity contribution in [1.29, 1.82) is 0 Å². The smallest absolute Gasteiger partial charge is 0.189 e. The van der Waals surface area contributed by atoms with Crippen LogP contribution in [0.5, 0.6) is 0 Å². The van der Waals surface area contributed by atoms with Gasteiger partial charge in [-0.3, -0.25) is 0 Å². The van der Waals surface area contributed by atoms with Gasteiger partial charge in [-0.2, -0.15) is 0 Å². The molecule has 0 aliphatic rings. The Kier molecular flexibility index (Phi) is 4.57. The molecule has 0 spiro atoms. The lowest BCUT2D eigenvalue weighted by atomic mass is 10.2. The first kappa shape index (κ1) is 15.5. The van der Waals surface area contributed by atoms with Crippen LogP contribution in [0.1, 0.15) is 25.3 Å². The topological polar surface area (TPSA) is 46.0 Å². The van der Waals surface area contributed by atoms with Gasteiger partial charge in [0.1, 0.15) is 5.65 Å². The average Bonchev–Trinajstić information content (AvgIpc) is 3.19. The van der Waals surface area contributed by atoms with E-state index in [9.17, 15) is 0 Å². The van der Waals surface area contributed by atoms with E-state index in [0.717, 1.165) is 46.5 Å². The summed E-state index contributed by atoms with van der Waals surface area (Å²) in [5.41, 5.74) is 3.86. The maximum absolute atomic E-state index is 4.72. The molecule has 3 heterocycles. The van der Waals surface area contributed by atoms with E-state index in [4.69, 9.17) is 4.99 Å². The molecule has 0 saturated carbocycles. The minimum atomic E-state index is 0.745. The van der Waals surface area contributed by atoms with E-state index in [1.807, 2.05) is 18.3 Å². The summed E-state index contributed by atoms with van der Waals surface area (Å²) in [6, 6.07) is 3.96. The molecule has 3 rings (SSSR count). The third-order valence-corrected chi connectivity index (χ3v) is 4.65. The molecule has 1 N–H and O–H groups in total. The van der Waals surface area contributed by atoms with E-state index < -0.39 is 0 Å². The Morgan fingerprint density at radius 3 is 3.13 bits per heavy atom. The van der Waals surface area contributed by atoms with Crippen LogP contribution < -0.4 is 4.80 Å². The molecule has 0 atom stereocenters. The molecule has 3 aromatic heterocycles. The number of hydrogen-bond acceptors (Lipinski definition) is 3. The first-order chi connectivity index (χ1) is 11.2. The minimum Gasteiger partial charge on any atom is -0.345 e. The Balaban J connectivity index is 1.88. The first-order valence-electron chi connectivity index (χ1n) is 7.65. The third kappa shape index (κ3) is 3.35. The summed E-state index contributed by atoms with van der Waals surface area (Å²) in [5.74, 6) is 0. The Labute approximate surface area is 139 Å². The molecule has 0 unspecified atom stereocenters. The number of pyridine rings is 1. The molecule has 23 heavy (non-hydrogen) atoms. The van der Waals surface area contributed by atoms with Gasteiger partial charge in [-0.25, -0.2) is 9.98 Å². The van der Waals surface area contributed by atoms with Crippen LogP contribution in [0.3, 0.4) is 0 Å². The van der Waals surface area contributed by atoms with Crippen LogP contribution in [0.2, 0.25) is 0 Å². The number of allylic oxidation sites excluding steroid dienone is 1. The second-order valence-electron chi connectivity index (χ2n) is 5.39. The van der Waals surface area contributed by atoms with Gasteiger partial charge in [-0.15, -0.1) is 11.3 Å². The zero-order valence-electron chi connectivity index (χ0n) is 13.2. The number of rotatable bonds is 6. The number of aromatic nitrogens is 3. The summed E-state index contributed by atoms with van der Waals surface area (Å²) in [5, 5.41) is 3.10. The van der Waals surface area contributed by atoms with Crippen molar-refractivity contribution >= 4 is 28.1 Å². The van der Waals surface area contributed by atoms with E-state index >= 15 is 0 Å². The van der Waals surface area contributed by atoms with Crippen LogP contribution in [0, 0.1) is 0 Å². The molecule has 4 nitrogen and oxygen atoms in total. The predicted octanol–water partition coefficient (Wildman–Crippen LogP) is 4.35. The highest BCUT2D eigenvalue weighted by Crippen LogP contribution is 2.22. The van der Waals surface area contributed by atoms with Gasteiger partial charge in [-0.05, 0) is 25.0 Å². The summed E-state index contributed by atoms with van der Waals surface area (Å²) in [6.07, 6.45) is 7.75. The van der Waals surface area contributed by atoms with Gasteiger partial charge < -0.3 is 9.55 Å². The summed E-state index contributed by atoms with van der Waals surface area (Å²) in [6.45, 7) is 11.2. The van der Waals surface area contributed by atoms with Gasteiger partial charge in [0.05, 0.1) is 5.70 Å². The van der Waals surface area contributed by atoms with Gasteiger partial charge in [0.15, 0.2) is 4.80 Å². The van der Waals surface area contributed by atoms with Gasteiger partial charge in [0, 0.05) is 41.5 Å². The van der Waals surface area contributed by atoms with Crippen LogP contribution in [-0.2, 0) is 6.54 Å². The maximum atomic E-state index is 4.72. The van der Waals surface area contributed by atoms with Crippen molar-refractivity contribution in [2.45, 2.75) is 26.3 Å². The van der Waals surface area contributed by atoms with Gasteiger partial charge in [0.25, 0.3) is 0 Å². The number of thiazole rings is 1. The second-order valence-corrected chi connectivity index (χ2v) is 6.27. The van der Waals surface area contributed by atoms with Gasteiger partial charge >= 0.3 is 0 Å². The molecule has 0 amide bonds. The zero-order valence-corrected chi connectivity index (χ0v) is 14.1. The monoisotopic (exact) mass is 324 g/mol. The lowest BCUT2D eigenvalue weighted by Crippen LogP contribution is -2.14. The van der Waals surface area contributed by atoms with Crippen molar-refractivity contribution in [3.8, 4) is 0 Å². The molecule has 0 saturated heterocycles. The third-order valence-electron chi connectivity index (χ3n) is 3.86. The Hall–Kier alpha value is -2.40. The predicted molar refractivity (Wildman–Crippen MR) is 97.0 cm³/mol. The van der Waals surface area contributed by atoms with E-state index in [1.165, 1.54) is 5.57 Å². The average molecular weight is 324 g/mol. The molecule has 5 heteroatoms. The fourth-order valence-corrected chi connectivity index (χ4v) is 3.16. The molecule has 0 aliphatic carbocycles. The van der Waals surface area contributed by atoms with Crippen molar-refractivity contribution in [2.75, 3.05) is 0 Å². The normalized spacial score (nSPS) is 12.0. The van der Waals surface area contributed by atoms with Crippen LogP contribution in [0.15, 0.2) is 59.8 Å². The number of H-pyrrole nitrogens is 1. The first-order valence-corrected chi connectivity index (χ1v) is 8.53. The van der Waals surface area contributed by atoms with Gasteiger partial charge in [0.2, 0.25) is 0 Å². The van der Waals surface area contributed by atoms with Crippen molar-refractivity contribution in [3.63, 3.8) is 0 Å². The number of hydrogen-bond donors (Lipinski definition) is 1. The Morgan fingerprint density at radius 2 is 2.30 bits per heavy atom. The number of nitrogens with zero attached hydrogens (tertiary/aromatic N) is 3. The summed E-state index contributed by atoms with van der Waals surface area (Å²) >= 11 is 1.62. The van der Waals surface area contributed by atoms with Crippen LogP contribution in [0.25, 0.3) is 16.7 Å². The maximum Gasteiger partial charge on any atom is 0.189 e. The van der Waals surface area contributed by atoms with Crippen LogP contribution >= 0.6 is 11.3 Å². The number of aromatic amines is 1. The number of aryl methyl sites for hydroxylation is 1. The quantitative estimate of drug-likeness (QED) is 0.673. The Morgan fingerprint density at radius 1 is 1.43 bits per heavy atom. The SMILES string of the molecule is C=C(CC)CCn1ccsc1=NC(=C)c1c[nH]c2ncccc12. The van der Waals surface area contributed by atoms with E-state index in [1.54, 1.807) is 17.5 Å². The summed E-state index contributed by atoms with van der Waals surface area (Å²) in [4.78, 5) is 13.2. The van der Waals surface area contributed by atoms with Crippen LogP contribution in [0.4, 0.5) is 0 Å². The molecule has 0 aromatic carbocycles. The Bertz CT molecular complexity index is 910. The number of fused-ring (bicyclic) bond motifs is 1.